The van der Waals surface area contributed by atoms with Crippen LogP contribution >= 0.6 is 0 Å². The molecule has 0 radical (unpaired) electrons. The smallest absolute Gasteiger partial charge is 0.191 e. The quantitative estimate of drug-likeness (QED) is 0.326. The summed E-state index contributed by atoms with van der Waals surface area (Å²) in [7, 11) is 1.75. The lowest BCUT2D eigenvalue weighted by molar-refractivity contribution is 0.629. The van der Waals surface area contributed by atoms with Gasteiger partial charge in [-0.3, -0.25) is 4.99 Å². The fourth-order valence-corrected chi connectivity index (χ4v) is 3.43. The molecular formula is C23H25FN6. The molecule has 30 heavy (non-hydrogen) atoms. The summed E-state index contributed by atoms with van der Waals surface area (Å²) in [6.07, 6.45) is 8.27. The number of nitrogens with zero attached hydrogens (tertiary/aromatic N) is 3. The number of aromatic amines is 1. The second-order valence-electron chi connectivity index (χ2n) is 7.16. The highest BCUT2D eigenvalue weighted by molar-refractivity contribution is 5.83. The Kier molecular flexibility index (Phi) is 6.08. The molecule has 2 heterocycles. The maximum atomic E-state index is 13.5. The van der Waals surface area contributed by atoms with Crippen LogP contribution in [0.2, 0.25) is 0 Å². The minimum atomic E-state index is -0.218. The van der Waals surface area contributed by atoms with Gasteiger partial charge in [-0.15, -0.1) is 0 Å². The van der Waals surface area contributed by atoms with Gasteiger partial charge in [0.15, 0.2) is 5.96 Å². The van der Waals surface area contributed by atoms with Crippen molar-refractivity contribution in [1.29, 1.82) is 0 Å². The number of aromatic nitrogens is 3. The van der Waals surface area contributed by atoms with Gasteiger partial charge in [-0.25, -0.2) is 9.37 Å². The number of H-pyrrole nitrogens is 1. The van der Waals surface area contributed by atoms with Crippen molar-refractivity contribution in [3.8, 4) is 0 Å². The number of hydrogen-bond donors (Lipinski definition) is 3. The van der Waals surface area contributed by atoms with Crippen molar-refractivity contribution in [2.75, 3.05) is 13.6 Å². The van der Waals surface area contributed by atoms with Crippen LogP contribution in [0, 0.1) is 5.82 Å². The Balaban J connectivity index is 1.26. The molecule has 0 spiro atoms. The summed E-state index contributed by atoms with van der Waals surface area (Å²) < 4.78 is 15.6. The summed E-state index contributed by atoms with van der Waals surface area (Å²) in [5.74, 6) is 0.522. The zero-order valence-electron chi connectivity index (χ0n) is 16.9. The number of benzene rings is 2. The number of imidazole rings is 1. The minimum Gasteiger partial charge on any atom is -0.361 e. The molecule has 0 atom stereocenters. The predicted octanol–water partition coefficient (Wildman–Crippen LogP) is 3.46. The second-order valence-corrected chi connectivity index (χ2v) is 7.16. The number of guanidine groups is 1. The molecule has 3 N–H and O–H groups in total. The van der Waals surface area contributed by atoms with Crippen LogP contribution in [0.5, 0.6) is 0 Å². The van der Waals surface area contributed by atoms with Gasteiger partial charge in [-0.2, -0.15) is 0 Å². The molecule has 0 amide bonds. The largest absolute Gasteiger partial charge is 0.361 e. The van der Waals surface area contributed by atoms with E-state index in [2.05, 4.69) is 49.9 Å². The summed E-state index contributed by atoms with van der Waals surface area (Å²) in [4.78, 5) is 11.5. The highest BCUT2D eigenvalue weighted by Gasteiger charge is 2.06. The monoisotopic (exact) mass is 404 g/mol. The summed E-state index contributed by atoms with van der Waals surface area (Å²) >= 11 is 0. The number of rotatable bonds is 7. The van der Waals surface area contributed by atoms with Gasteiger partial charge in [-0.1, -0.05) is 24.3 Å². The lowest BCUT2D eigenvalue weighted by Crippen LogP contribution is -2.37. The van der Waals surface area contributed by atoms with Crippen molar-refractivity contribution < 1.29 is 4.39 Å². The molecule has 4 aromatic rings. The normalized spacial score (nSPS) is 11.7. The lowest BCUT2D eigenvalue weighted by atomic mass is 10.1. The van der Waals surface area contributed by atoms with Crippen LogP contribution in [-0.4, -0.2) is 34.1 Å². The van der Waals surface area contributed by atoms with E-state index in [1.165, 1.54) is 17.2 Å². The molecule has 0 unspecified atom stereocenters. The van der Waals surface area contributed by atoms with Crippen molar-refractivity contribution >= 4 is 16.9 Å². The van der Waals surface area contributed by atoms with E-state index >= 15 is 0 Å². The molecule has 2 aromatic heterocycles. The fourth-order valence-electron chi connectivity index (χ4n) is 3.43. The Bertz CT molecular complexity index is 1110. The van der Waals surface area contributed by atoms with Gasteiger partial charge in [0.2, 0.25) is 0 Å². The fraction of sp³-hybridized carbons (Fsp3) is 0.217. The van der Waals surface area contributed by atoms with Crippen LogP contribution in [0.25, 0.3) is 10.9 Å². The van der Waals surface area contributed by atoms with E-state index < -0.39 is 0 Å². The van der Waals surface area contributed by atoms with Crippen LogP contribution in [0.15, 0.2) is 72.4 Å². The van der Waals surface area contributed by atoms with Crippen LogP contribution in [0.4, 0.5) is 4.39 Å². The molecule has 0 aliphatic rings. The van der Waals surface area contributed by atoms with Gasteiger partial charge in [0.1, 0.15) is 5.82 Å². The molecule has 7 heteroatoms. The maximum Gasteiger partial charge on any atom is 0.191 e. The molecule has 2 aromatic carbocycles. The van der Waals surface area contributed by atoms with Crippen LogP contribution in [0.1, 0.15) is 16.7 Å². The molecular weight excluding hydrogens is 379 g/mol. The Hall–Kier alpha value is -3.61. The van der Waals surface area contributed by atoms with Crippen molar-refractivity contribution in [3.05, 3.63) is 89.9 Å². The minimum absolute atomic E-state index is 0.218. The third kappa shape index (κ3) is 4.86. The third-order valence-corrected chi connectivity index (χ3v) is 5.05. The van der Waals surface area contributed by atoms with Gasteiger partial charge in [0.05, 0.1) is 6.33 Å². The Morgan fingerprint density at radius 2 is 1.97 bits per heavy atom. The molecule has 0 aliphatic heterocycles. The first-order valence-electron chi connectivity index (χ1n) is 9.95. The maximum absolute atomic E-state index is 13.5. The molecule has 0 bridgehead atoms. The molecule has 0 saturated carbocycles. The number of fused-ring (bicyclic) bond motifs is 1. The number of halogens is 1. The highest BCUT2D eigenvalue weighted by atomic mass is 19.1. The van der Waals surface area contributed by atoms with Crippen molar-refractivity contribution in [3.63, 3.8) is 0 Å². The van der Waals surface area contributed by atoms with E-state index in [1.807, 2.05) is 23.3 Å². The van der Waals surface area contributed by atoms with Crippen molar-refractivity contribution in [2.24, 2.45) is 4.99 Å². The summed E-state index contributed by atoms with van der Waals surface area (Å²) in [5.41, 5.74) is 4.44. The topological polar surface area (TPSA) is 70.0 Å². The van der Waals surface area contributed by atoms with E-state index in [0.29, 0.717) is 13.1 Å². The number of nitrogens with one attached hydrogen (secondary N) is 3. The molecule has 6 nitrogen and oxygen atoms in total. The van der Waals surface area contributed by atoms with Crippen LogP contribution in [0.3, 0.4) is 0 Å². The zero-order valence-corrected chi connectivity index (χ0v) is 16.9. The first kappa shape index (κ1) is 19.7. The van der Waals surface area contributed by atoms with Gasteiger partial charge in [0.25, 0.3) is 0 Å². The van der Waals surface area contributed by atoms with E-state index in [4.69, 9.17) is 0 Å². The molecule has 4 rings (SSSR count). The molecule has 0 saturated heterocycles. The molecule has 0 fully saturated rings. The highest BCUT2D eigenvalue weighted by Crippen LogP contribution is 2.19. The Labute approximate surface area is 174 Å². The first-order chi connectivity index (χ1) is 14.7. The number of aliphatic imine (C=N–C) groups is 1. The summed E-state index contributed by atoms with van der Waals surface area (Å²) in [5, 5.41) is 7.58. The molecule has 0 aliphatic carbocycles. The van der Waals surface area contributed by atoms with E-state index in [9.17, 15) is 4.39 Å². The molecule has 154 valence electrons. The third-order valence-electron chi connectivity index (χ3n) is 5.05. The van der Waals surface area contributed by atoms with Gasteiger partial charge in [-0.05, 0) is 41.3 Å². The lowest BCUT2D eigenvalue weighted by Gasteiger charge is -2.12. The Morgan fingerprint density at radius 3 is 2.73 bits per heavy atom. The second kappa shape index (κ2) is 9.26. The Morgan fingerprint density at radius 1 is 1.13 bits per heavy atom. The van der Waals surface area contributed by atoms with Crippen LogP contribution < -0.4 is 10.6 Å². The van der Waals surface area contributed by atoms with Gasteiger partial charge in [0, 0.05) is 56.2 Å². The van der Waals surface area contributed by atoms with E-state index in [-0.39, 0.29) is 5.82 Å². The van der Waals surface area contributed by atoms with Crippen molar-refractivity contribution in [2.45, 2.75) is 19.5 Å². The summed E-state index contributed by atoms with van der Waals surface area (Å²) in [6, 6.07) is 13.3. The van der Waals surface area contributed by atoms with Gasteiger partial charge >= 0.3 is 0 Å². The number of hydrogen-bond acceptors (Lipinski definition) is 2. The standard InChI is InChI=1S/C23H25FN6/c1-25-23(27-9-8-19-14-28-22-7-6-20(24)12-21(19)22)29-13-17-2-4-18(5-3-17)15-30-11-10-26-16-30/h2-7,10-12,14,16,28H,8-9,13,15H2,1H3,(H2,25,27,29). The van der Waals surface area contributed by atoms with Crippen LogP contribution in [-0.2, 0) is 19.5 Å². The van der Waals surface area contributed by atoms with E-state index in [1.54, 1.807) is 25.4 Å². The SMILES string of the molecule is CN=C(NCCc1c[nH]c2ccc(F)cc12)NCc1ccc(Cn2ccnc2)cc1. The summed E-state index contributed by atoms with van der Waals surface area (Å²) in [6.45, 7) is 2.20. The average Bonchev–Trinajstić information content (AvgIpc) is 3.41. The van der Waals surface area contributed by atoms with E-state index in [0.717, 1.165) is 35.4 Å². The first-order valence-corrected chi connectivity index (χ1v) is 9.95. The predicted molar refractivity (Wildman–Crippen MR) is 118 cm³/mol. The van der Waals surface area contributed by atoms with Crippen molar-refractivity contribution in [1.82, 2.24) is 25.2 Å². The van der Waals surface area contributed by atoms with Gasteiger partial charge < -0.3 is 20.2 Å². The average molecular weight is 404 g/mol. The zero-order chi connectivity index (χ0) is 20.8.